The molecule has 1 aromatic rings. The largest absolute Gasteiger partial charge is 0.387 e. The van der Waals surface area contributed by atoms with Gasteiger partial charge in [0.25, 0.3) is 0 Å². The molecule has 0 saturated heterocycles. The van der Waals surface area contributed by atoms with E-state index in [2.05, 4.69) is 4.98 Å². The van der Waals surface area contributed by atoms with E-state index in [1.165, 1.54) is 0 Å². The summed E-state index contributed by atoms with van der Waals surface area (Å²) >= 11 is 0. The third kappa shape index (κ3) is 1.83. The number of hydrogen-bond acceptors (Lipinski definition) is 2. The van der Waals surface area contributed by atoms with Crippen molar-refractivity contribution in [1.29, 1.82) is 0 Å². The van der Waals surface area contributed by atoms with Crippen molar-refractivity contribution < 1.29 is 5.11 Å². The minimum absolute atomic E-state index is 0.411. The molecule has 0 aliphatic carbocycles. The van der Waals surface area contributed by atoms with Crippen molar-refractivity contribution in [2.24, 2.45) is 0 Å². The van der Waals surface area contributed by atoms with Gasteiger partial charge in [-0.1, -0.05) is 13.0 Å². The molecule has 1 N–H and O–H groups in total. The molecule has 0 aliphatic rings. The Morgan fingerprint density at radius 2 is 2.17 bits per heavy atom. The minimum atomic E-state index is -0.411. The number of hydrogen-bond donors (Lipinski definition) is 1. The van der Waals surface area contributed by atoms with Crippen molar-refractivity contribution >= 4 is 0 Å². The zero-order valence-electron chi connectivity index (χ0n) is 7.83. The maximum atomic E-state index is 9.54. The maximum absolute atomic E-state index is 9.54. The van der Waals surface area contributed by atoms with E-state index in [1.54, 1.807) is 6.20 Å². The van der Waals surface area contributed by atoms with Crippen molar-refractivity contribution in [3.8, 4) is 0 Å². The Morgan fingerprint density at radius 1 is 1.50 bits per heavy atom. The lowest BCUT2D eigenvalue weighted by molar-refractivity contribution is 0.168. The quantitative estimate of drug-likeness (QED) is 0.728. The summed E-state index contributed by atoms with van der Waals surface area (Å²) in [7, 11) is 0. The highest BCUT2D eigenvalue weighted by atomic mass is 16.3. The molecule has 1 atom stereocenters. The molecular weight excluding hydrogens is 150 g/mol. The van der Waals surface area contributed by atoms with Crippen LogP contribution in [-0.2, 0) is 0 Å². The van der Waals surface area contributed by atoms with Gasteiger partial charge in [0.2, 0.25) is 0 Å². The molecule has 1 aromatic heterocycles. The van der Waals surface area contributed by atoms with Gasteiger partial charge in [-0.05, 0) is 31.4 Å². The third-order valence-electron chi connectivity index (χ3n) is 1.96. The second-order valence-electron chi connectivity index (χ2n) is 3.14. The first-order valence-electron chi connectivity index (χ1n) is 4.26. The predicted molar refractivity (Wildman–Crippen MR) is 49.0 cm³/mol. The molecule has 0 saturated carbocycles. The highest BCUT2D eigenvalue weighted by Gasteiger charge is 2.08. The van der Waals surface area contributed by atoms with E-state index in [0.717, 1.165) is 23.2 Å². The van der Waals surface area contributed by atoms with Crippen molar-refractivity contribution in [1.82, 2.24) is 4.98 Å². The lowest BCUT2D eigenvalue weighted by Crippen LogP contribution is -2.01. The van der Waals surface area contributed by atoms with E-state index in [-0.39, 0.29) is 0 Å². The van der Waals surface area contributed by atoms with Crippen LogP contribution >= 0.6 is 0 Å². The smallest absolute Gasteiger partial charge is 0.0959 e. The molecule has 0 bridgehead atoms. The number of aliphatic hydroxyl groups excluding tert-OH is 1. The summed E-state index contributed by atoms with van der Waals surface area (Å²) in [6, 6.07) is 2.04. The zero-order valence-corrected chi connectivity index (χ0v) is 7.83. The van der Waals surface area contributed by atoms with Gasteiger partial charge in [-0.2, -0.15) is 0 Å². The lowest BCUT2D eigenvalue weighted by atomic mass is 10.1. The van der Waals surface area contributed by atoms with Gasteiger partial charge in [-0.15, -0.1) is 0 Å². The molecule has 0 aliphatic heterocycles. The van der Waals surface area contributed by atoms with Crippen LogP contribution in [-0.4, -0.2) is 10.1 Å². The van der Waals surface area contributed by atoms with E-state index in [4.69, 9.17) is 0 Å². The standard InChI is InChI=1S/C10H15NO/c1-4-9(12)10-8(3)5-7(2)6-11-10/h5-6,9,12H,4H2,1-3H3. The van der Waals surface area contributed by atoms with Gasteiger partial charge in [0.05, 0.1) is 11.8 Å². The van der Waals surface area contributed by atoms with Gasteiger partial charge in [0, 0.05) is 6.20 Å². The highest BCUT2D eigenvalue weighted by molar-refractivity contribution is 5.24. The molecule has 1 unspecified atom stereocenters. The fourth-order valence-electron chi connectivity index (χ4n) is 1.27. The topological polar surface area (TPSA) is 33.1 Å². The van der Waals surface area contributed by atoms with Crippen LogP contribution in [0.2, 0.25) is 0 Å². The van der Waals surface area contributed by atoms with E-state index in [1.807, 2.05) is 26.8 Å². The van der Waals surface area contributed by atoms with Crippen molar-refractivity contribution in [3.05, 3.63) is 29.1 Å². The monoisotopic (exact) mass is 165 g/mol. The summed E-state index contributed by atoms with van der Waals surface area (Å²) in [5.74, 6) is 0. The molecule has 66 valence electrons. The lowest BCUT2D eigenvalue weighted by Gasteiger charge is -2.10. The molecule has 1 rings (SSSR count). The van der Waals surface area contributed by atoms with Crippen LogP contribution < -0.4 is 0 Å². The molecule has 0 aromatic carbocycles. The number of pyridine rings is 1. The number of aliphatic hydroxyl groups is 1. The average Bonchev–Trinajstić information content (AvgIpc) is 2.03. The maximum Gasteiger partial charge on any atom is 0.0959 e. The van der Waals surface area contributed by atoms with Crippen LogP contribution in [0.3, 0.4) is 0 Å². The molecule has 1 heterocycles. The number of aromatic nitrogens is 1. The van der Waals surface area contributed by atoms with Crippen molar-refractivity contribution in [2.45, 2.75) is 33.3 Å². The molecule has 2 nitrogen and oxygen atoms in total. The SMILES string of the molecule is CCC(O)c1ncc(C)cc1C. The Balaban J connectivity index is 3.01. The summed E-state index contributed by atoms with van der Waals surface area (Å²) in [6.07, 6.45) is 2.10. The van der Waals surface area contributed by atoms with E-state index in [0.29, 0.717) is 0 Å². The van der Waals surface area contributed by atoms with Gasteiger partial charge >= 0.3 is 0 Å². The summed E-state index contributed by atoms with van der Waals surface area (Å²) in [4.78, 5) is 4.20. The molecule has 0 radical (unpaired) electrons. The first-order valence-corrected chi connectivity index (χ1v) is 4.26. The predicted octanol–water partition coefficient (Wildman–Crippen LogP) is 2.14. The summed E-state index contributed by atoms with van der Waals surface area (Å²) < 4.78 is 0. The van der Waals surface area contributed by atoms with Crippen molar-refractivity contribution in [2.75, 3.05) is 0 Å². The third-order valence-corrected chi connectivity index (χ3v) is 1.96. The number of nitrogens with zero attached hydrogens (tertiary/aromatic N) is 1. The fraction of sp³-hybridized carbons (Fsp3) is 0.500. The summed E-state index contributed by atoms with van der Waals surface area (Å²) in [5.41, 5.74) is 3.02. The second kappa shape index (κ2) is 3.68. The number of aryl methyl sites for hydroxylation is 2. The molecular formula is C10H15NO. The van der Waals surface area contributed by atoms with E-state index < -0.39 is 6.10 Å². The molecule has 0 fully saturated rings. The average molecular weight is 165 g/mol. The highest BCUT2D eigenvalue weighted by Crippen LogP contribution is 2.17. The summed E-state index contributed by atoms with van der Waals surface area (Å²) in [5, 5.41) is 9.54. The minimum Gasteiger partial charge on any atom is -0.387 e. The van der Waals surface area contributed by atoms with Crippen LogP contribution in [0.25, 0.3) is 0 Å². The Hall–Kier alpha value is -0.890. The molecule has 0 spiro atoms. The van der Waals surface area contributed by atoms with Gasteiger partial charge in [0.1, 0.15) is 0 Å². The fourth-order valence-corrected chi connectivity index (χ4v) is 1.27. The molecule has 2 heteroatoms. The first-order chi connectivity index (χ1) is 5.65. The normalized spacial score (nSPS) is 13.0. The van der Waals surface area contributed by atoms with Crippen LogP contribution in [0, 0.1) is 13.8 Å². The Bertz CT molecular complexity index is 271. The van der Waals surface area contributed by atoms with Crippen LogP contribution in [0.4, 0.5) is 0 Å². The van der Waals surface area contributed by atoms with Gasteiger partial charge in [0.15, 0.2) is 0 Å². The van der Waals surface area contributed by atoms with Crippen LogP contribution in [0.15, 0.2) is 12.3 Å². The van der Waals surface area contributed by atoms with Crippen LogP contribution in [0.5, 0.6) is 0 Å². The van der Waals surface area contributed by atoms with E-state index in [9.17, 15) is 5.11 Å². The molecule has 12 heavy (non-hydrogen) atoms. The zero-order chi connectivity index (χ0) is 9.14. The van der Waals surface area contributed by atoms with Gasteiger partial charge < -0.3 is 5.11 Å². The summed E-state index contributed by atoms with van der Waals surface area (Å²) in [6.45, 7) is 5.93. The second-order valence-corrected chi connectivity index (χ2v) is 3.14. The Labute approximate surface area is 73.3 Å². The van der Waals surface area contributed by atoms with Crippen molar-refractivity contribution in [3.63, 3.8) is 0 Å². The first kappa shape index (κ1) is 9.20. The molecule has 0 amide bonds. The van der Waals surface area contributed by atoms with E-state index >= 15 is 0 Å². The van der Waals surface area contributed by atoms with Crippen LogP contribution in [0.1, 0.15) is 36.3 Å². The van der Waals surface area contributed by atoms with Gasteiger partial charge in [-0.25, -0.2) is 0 Å². The number of rotatable bonds is 2. The Morgan fingerprint density at radius 3 is 2.67 bits per heavy atom. The Kier molecular flexibility index (Phi) is 2.82. The van der Waals surface area contributed by atoms with Gasteiger partial charge in [-0.3, -0.25) is 4.98 Å².